The van der Waals surface area contributed by atoms with E-state index < -0.39 is 17.6 Å². The average Bonchev–Trinajstić information content (AvgIpc) is 3.12. The summed E-state index contributed by atoms with van der Waals surface area (Å²) in [4.78, 5) is 14.7. The lowest BCUT2D eigenvalue weighted by molar-refractivity contribution is -0.137. The van der Waals surface area contributed by atoms with Gasteiger partial charge in [-0.2, -0.15) is 13.2 Å². The summed E-state index contributed by atoms with van der Waals surface area (Å²) in [6, 6.07) is 4.90. The van der Waals surface area contributed by atoms with E-state index in [1.165, 1.54) is 31.4 Å². The van der Waals surface area contributed by atoms with Crippen LogP contribution in [0, 0.1) is 11.8 Å². The average molecular weight is 340 g/mol. The fraction of sp³-hybridized carbons (Fsp3) is 0.611. The quantitative estimate of drug-likeness (QED) is 0.909. The van der Waals surface area contributed by atoms with E-state index in [0.29, 0.717) is 24.4 Å². The molecular weight excluding hydrogens is 317 g/mol. The Morgan fingerprint density at radius 2 is 2.12 bits per heavy atom. The second kappa shape index (κ2) is 6.75. The van der Waals surface area contributed by atoms with Crippen LogP contribution in [0.1, 0.15) is 42.1 Å². The molecule has 1 amide bonds. The molecule has 2 aliphatic rings. The van der Waals surface area contributed by atoms with Gasteiger partial charge in [0, 0.05) is 24.7 Å². The van der Waals surface area contributed by atoms with E-state index in [9.17, 15) is 18.0 Å². The van der Waals surface area contributed by atoms with Crippen molar-refractivity contribution in [3.8, 4) is 0 Å². The van der Waals surface area contributed by atoms with E-state index in [1.54, 1.807) is 0 Å². The molecule has 132 valence electrons. The zero-order chi connectivity index (χ0) is 17.3. The molecule has 1 saturated heterocycles. The summed E-state index contributed by atoms with van der Waals surface area (Å²) in [5, 5.41) is 2.85. The lowest BCUT2D eigenvalue weighted by atomic mass is 9.94. The van der Waals surface area contributed by atoms with Crippen LogP contribution in [0.3, 0.4) is 0 Å². The van der Waals surface area contributed by atoms with Gasteiger partial charge < -0.3 is 5.32 Å². The number of alkyl halides is 3. The molecule has 1 aliphatic carbocycles. The number of carbonyl (C=O) groups excluding carboxylic acids is 1. The van der Waals surface area contributed by atoms with E-state index >= 15 is 0 Å². The summed E-state index contributed by atoms with van der Waals surface area (Å²) in [7, 11) is 0. The molecule has 1 saturated carbocycles. The Morgan fingerprint density at radius 1 is 1.33 bits per heavy atom. The van der Waals surface area contributed by atoms with Crippen molar-refractivity contribution >= 4 is 5.91 Å². The second-order valence-corrected chi connectivity index (χ2v) is 6.80. The normalized spacial score (nSPS) is 27.2. The van der Waals surface area contributed by atoms with Gasteiger partial charge in [-0.1, -0.05) is 19.4 Å². The Morgan fingerprint density at radius 3 is 2.83 bits per heavy atom. The molecule has 1 N–H and O–H groups in total. The molecule has 1 aromatic carbocycles. The van der Waals surface area contributed by atoms with Crippen LogP contribution < -0.4 is 5.32 Å². The number of rotatable bonds is 4. The van der Waals surface area contributed by atoms with E-state index in [-0.39, 0.29) is 5.56 Å². The van der Waals surface area contributed by atoms with Gasteiger partial charge in [0.1, 0.15) is 0 Å². The van der Waals surface area contributed by atoms with Gasteiger partial charge >= 0.3 is 6.18 Å². The molecule has 3 atom stereocenters. The summed E-state index contributed by atoms with van der Waals surface area (Å²) in [5.41, 5.74) is -0.726. The van der Waals surface area contributed by atoms with Gasteiger partial charge in [0.2, 0.25) is 0 Å². The molecule has 24 heavy (non-hydrogen) atoms. The number of benzene rings is 1. The summed E-state index contributed by atoms with van der Waals surface area (Å²) >= 11 is 0. The molecule has 1 aromatic rings. The lowest BCUT2D eigenvalue weighted by Crippen LogP contribution is -2.42. The van der Waals surface area contributed by atoms with Crippen LogP contribution in [0.15, 0.2) is 24.3 Å². The van der Waals surface area contributed by atoms with E-state index in [1.807, 2.05) is 0 Å². The molecule has 3 unspecified atom stereocenters. The molecule has 6 heteroatoms. The number of carbonyl (C=O) groups is 1. The molecule has 0 aromatic heterocycles. The minimum Gasteiger partial charge on any atom is -0.350 e. The van der Waals surface area contributed by atoms with Crippen LogP contribution in [0.4, 0.5) is 13.2 Å². The fourth-order valence-electron chi connectivity index (χ4n) is 4.29. The Balaban J connectivity index is 1.65. The topological polar surface area (TPSA) is 32.3 Å². The standard InChI is InChI=1S/C18H23F3N2O/c1-2-23-11-13-6-4-8-15(13)16(23)10-22-17(24)12-5-3-7-14(9-12)18(19,20)21/h3,5,7,9,13,15-16H,2,4,6,8,10-11H2,1H3,(H,22,24). The summed E-state index contributed by atoms with van der Waals surface area (Å²) < 4.78 is 38.3. The maximum atomic E-state index is 12.8. The van der Waals surface area contributed by atoms with Crippen LogP contribution in [0.2, 0.25) is 0 Å². The van der Waals surface area contributed by atoms with Crippen LogP contribution in [0.5, 0.6) is 0 Å². The zero-order valence-corrected chi connectivity index (χ0v) is 13.8. The summed E-state index contributed by atoms with van der Waals surface area (Å²) in [6.45, 7) is 4.63. The first-order valence-corrected chi connectivity index (χ1v) is 8.59. The van der Waals surface area contributed by atoms with Crippen molar-refractivity contribution in [2.45, 2.75) is 38.4 Å². The molecular formula is C18H23F3N2O. The number of likely N-dealkylation sites (tertiary alicyclic amines) is 1. The maximum absolute atomic E-state index is 12.8. The number of nitrogens with one attached hydrogen (secondary N) is 1. The highest BCUT2D eigenvalue weighted by molar-refractivity contribution is 5.94. The van der Waals surface area contributed by atoms with Crippen molar-refractivity contribution in [1.29, 1.82) is 0 Å². The van der Waals surface area contributed by atoms with Crippen LogP contribution >= 0.6 is 0 Å². The highest BCUT2D eigenvalue weighted by Crippen LogP contribution is 2.41. The monoisotopic (exact) mass is 340 g/mol. The number of halogens is 3. The number of hydrogen-bond acceptors (Lipinski definition) is 2. The van der Waals surface area contributed by atoms with E-state index in [2.05, 4.69) is 17.1 Å². The number of amides is 1. The van der Waals surface area contributed by atoms with Crippen molar-refractivity contribution in [2.24, 2.45) is 11.8 Å². The van der Waals surface area contributed by atoms with Crippen molar-refractivity contribution in [3.05, 3.63) is 35.4 Å². The second-order valence-electron chi connectivity index (χ2n) is 6.80. The minimum absolute atomic E-state index is 0.0637. The third kappa shape index (κ3) is 3.43. The van der Waals surface area contributed by atoms with Gasteiger partial charge in [0.25, 0.3) is 5.91 Å². The van der Waals surface area contributed by atoms with Gasteiger partial charge in [-0.15, -0.1) is 0 Å². The van der Waals surface area contributed by atoms with E-state index in [0.717, 1.165) is 25.2 Å². The van der Waals surface area contributed by atoms with Crippen LogP contribution in [-0.4, -0.2) is 36.5 Å². The summed E-state index contributed by atoms with van der Waals surface area (Å²) in [5.74, 6) is 0.880. The van der Waals surface area contributed by atoms with Crippen molar-refractivity contribution < 1.29 is 18.0 Å². The predicted octanol–water partition coefficient (Wildman–Crippen LogP) is 3.56. The Labute approximate surface area is 140 Å². The Hall–Kier alpha value is -1.56. The molecule has 2 fully saturated rings. The first-order valence-electron chi connectivity index (χ1n) is 8.59. The van der Waals surface area contributed by atoms with Crippen LogP contribution in [0.25, 0.3) is 0 Å². The maximum Gasteiger partial charge on any atom is 0.416 e. The molecule has 1 aliphatic heterocycles. The zero-order valence-electron chi connectivity index (χ0n) is 13.8. The molecule has 0 bridgehead atoms. The van der Waals surface area contributed by atoms with Gasteiger partial charge in [-0.3, -0.25) is 9.69 Å². The number of likely N-dealkylation sites (N-methyl/N-ethyl adjacent to an activating group) is 1. The number of fused-ring (bicyclic) bond motifs is 1. The predicted molar refractivity (Wildman–Crippen MR) is 85.6 cm³/mol. The number of hydrogen-bond donors (Lipinski definition) is 1. The molecule has 3 rings (SSSR count). The Kier molecular flexibility index (Phi) is 4.85. The smallest absolute Gasteiger partial charge is 0.350 e. The van der Waals surface area contributed by atoms with Gasteiger partial charge in [-0.25, -0.2) is 0 Å². The van der Waals surface area contributed by atoms with Crippen LogP contribution in [-0.2, 0) is 6.18 Å². The third-order valence-electron chi connectivity index (χ3n) is 5.48. The van der Waals surface area contributed by atoms with Gasteiger partial charge in [0.05, 0.1) is 5.56 Å². The van der Waals surface area contributed by atoms with Crippen molar-refractivity contribution in [2.75, 3.05) is 19.6 Å². The van der Waals surface area contributed by atoms with Gasteiger partial charge in [0.15, 0.2) is 0 Å². The molecule has 0 radical (unpaired) electrons. The highest BCUT2D eigenvalue weighted by Gasteiger charge is 2.43. The first-order chi connectivity index (χ1) is 11.4. The van der Waals surface area contributed by atoms with Crippen molar-refractivity contribution in [1.82, 2.24) is 10.2 Å². The van der Waals surface area contributed by atoms with Crippen molar-refractivity contribution in [3.63, 3.8) is 0 Å². The fourth-order valence-corrected chi connectivity index (χ4v) is 4.29. The highest BCUT2D eigenvalue weighted by atomic mass is 19.4. The molecule has 1 heterocycles. The first kappa shape index (κ1) is 17.3. The van der Waals surface area contributed by atoms with Gasteiger partial charge in [-0.05, 0) is 49.4 Å². The third-order valence-corrected chi connectivity index (χ3v) is 5.48. The lowest BCUT2D eigenvalue weighted by Gasteiger charge is -2.27. The molecule has 3 nitrogen and oxygen atoms in total. The SMILES string of the molecule is CCN1CC2CCCC2C1CNC(=O)c1cccc(C(F)(F)F)c1. The minimum atomic E-state index is -4.43. The Bertz CT molecular complexity index is 602. The molecule has 0 spiro atoms. The largest absolute Gasteiger partial charge is 0.416 e. The van der Waals surface area contributed by atoms with E-state index in [4.69, 9.17) is 0 Å². The number of nitrogens with zero attached hydrogens (tertiary/aromatic N) is 1. The summed E-state index contributed by atoms with van der Waals surface area (Å²) in [6.07, 6.45) is -0.757.